The molecule has 0 spiro atoms. The number of nitrogens with two attached hydrogens (primary N) is 1. The summed E-state index contributed by atoms with van der Waals surface area (Å²) in [6.07, 6.45) is 2.99. The van der Waals surface area contributed by atoms with Gasteiger partial charge in [0.25, 0.3) is 10.0 Å². The van der Waals surface area contributed by atoms with Crippen LogP contribution in [0.15, 0.2) is 17.6 Å². The molecule has 0 amide bonds. The molecule has 0 radical (unpaired) electrons. The molecule has 8 heteroatoms. The van der Waals surface area contributed by atoms with E-state index in [2.05, 4.69) is 9.71 Å². The Kier molecular flexibility index (Phi) is 3.43. The number of aryl methyl sites for hydroxylation is 1. The summed E-state index contributed by atoms with van der Waals surface area (Å²) >= 11 is 0. The predicted octanol–water partition coefficient (Wildman–Crippen LogP) is -0.976. The normalized spacial score (nSPS) is 11.5. The van der Waals surface area contributed by atoms with Crippen LogP contribution in [0.1, 0.15) is 6.42 Å². The second kappa shape index (κ2) is 4.41. The molecule has 0 saturated heterocycles. The van der Waals surface area contributed by atoms with Crippen LogP contribution in [0.3, 0.4) is 0 Å². The van der Waals surface area contributed by atoms with Crippen molar-refractivity contribution in [2.75, 3.05) is 6.54 Å². The zero-order chi connectivity index (χ0) is 11.5. The number of rotatable bonds is 5. The molecule has 1 aromatic heterocycles. The number of sulfonamides is 1. The molecule has 15 heavy (non-hydrogen) atoms. The van der Waals surface area contributed by atoms with Gasteiger partial charge >= 0.3 is 0 Å². The summed E-state index contributed by atoms with van der Waals surface area (Å²) in [6, 6.07) is 0. The molecule has 0 aliphatic carbocycles. The van der Waals surface area contributed by atoms with E-state index in [1.807, 2.05) is 0 Å². The SMILES string of the molecule is Cn1cnc(S(=O)(=O)NCCC(=N)N)c1. The van der Waals surface area contributed by atoms with Crippen molar-refractivity contribution in [3.05, 3.63) is 12.5 Å². The van der Waals surface area contributed by atoms with Gasteiger partial charge in [-0.2, -0.15) is 0 Å². The maximum absolute atomic E-state index is 11.5. The summed E-state index contributed by atoms with van der Waals surface area (Å²) in [4.78, 5) is 3.71. The fraction of sp³-hybridized carbons (Fsp3) is 0.429. The second-order valence-electron chi connectivity index (χ2n) is 3.05. The third-order valence-corrected chi connectivity index (χ3v) is 2.99. The topological polar surface area (TPSA) is 114 Å². The molecule has 0 atom stereocenters. The third-order valence-electron chi connectivity index (χ3n) is 1.64. The molecule has 84 valence electrons. The van der Waals surface area contributed by atoms with Crippen molar-refractivity contribution in [2.24, 2.45) is 12.8 Å². The minimum absolute atomic E-state index is 0.0337. The summed E-state index contributed by atoms with van der Waals surface area (Å²) in [6.45, 7) is 0.105. The number of nitrogens with zero attached hydrogens (tertiary/aromatic N) is 2. The van der Waals surface area contributed by atoms with Gasteiger partial charge < -0.3 is 10.3 Å². The van der Waals surface area contributed by atoms with Crippen molar-refractivity contribution in [1.82, 2.24) is 14.3 Å². The molecular formula is C7H13N5O2S. The van der Waals surface area contributed by atoms with E-state index in [4.69, 9.17) is 11.1 Å². The van der Waals surface area contributed by atoms with Gasteiger partial charge in [0.05, 0.1) is 12.2 Å². The zero-order valence-electron chi connectivity index (χ0n) is 8.27. The van der Waals surface area contributed by atoms with Gasteiger partial charge in [-0.25, -0.2) is 18.1 Å². The fourth-order valence-electron chi connectivity index (χ4n) is 0.922. The Morgan fingerprint density at radius 3 is 2.87 bits per heavy atom. The maximum Gasteiger partial charge on any atom is 0.259 e. The lowest BCUT2D eigenvalue weighted by atomic mass is 10.4. The Bertz CT molecular complexity index is 450. The molecule has 7 nitrogen and oxygen atoms in total. The van der Waals surface area contributed by atoms with Crippen LogP contribution in [-0.2, 0) is 17.1 Å². The standard InChI is InChI=1S/C7H13N5O2S/c1-12-4-7(10-5-12)15(13,14)11-3-2-6(8)9/h4-5,11H,2-3H2,1H3,(H3,8,9). The van der Waals surface area contributed by atoms with Crippen molar-refractivity contribution in [2.45, 2.75) is 11.4 Å². The fourth-order valence-corrected chi connectivity index (χ4v) is 1.93. The van der Waals surface area contributed by atoms with E-state index in [9.17, 15) is 8.42 Å². The Hall–Kier alpha value is -1.41. The van der Waals surface area contributed by atoms with Crippen molar-refractivity contribution < 1.29 is 8.42 Å². The van der Waals surface area contributed by atoms with Crippen molar-refractivity contribution in [1.29, 1.82) is 5.41 Å². The summed E-state index contributed by atoms with van der Waals surface area (Å²) in [5.41, 5.74) is 5.09. The lowest BCUT2D eigenvalue weighted by Gasteiger charge is -2.02. The van der Waals surface area contributed by atoms with E-state index in [1.54, 1.807) is 11.6 Å². The summed E-state index contributed by atoms with van der Waals surface area (Å²) < 4.78 is 26.9. The first-order valence-electron chi connectivity index (χ1n) is 4.22. The highest BCUT2D eigenvalue weighted by Gasteiger charge is 2.15. The van der Waals surface area contributed by atoms with Crippen LogP contribution in [0.2, 0.25) is 0 Å². The van der Waals surface area contributed by atoms with Gasteiger partial charge in [0.1, 0.15) is 0 Å². The van der Waals surface area contributed by atoms with Crippen LogP contribution in [0, 0.1) is 5.41 Å². The Labute approximate surface area is 87.9 Å². The average molecular weight is 231 g/mol. The van der Waals surface area contributed by atoms with Crippen LogP contribution in [0.25, 0.3) is 0 Å². The molecule has 1 rings (SSSR count). The van der Waals surface area contributed by atoms with E-state index in [0.717, 1.165) is 0 Å². The number of nitrogens with one attached hydrogen (secondary N) is 2. The van der Waals surface area contributed by atoms with E-state index in [0.29, 0.717) is 0 Å². The molecule has 0 unspecified atom stereocenters. The number of hydrogen-bond acceptors (Lipinski definition) is 4. The molecule has 0 saturated carbocycles. The van der Waals surface area contributed by atoms with Crippen LogP contribution in [0.4, 0.5) is 0 Å². The van der Waals surface area contributed by atoms with Gasteiger partial charge in [0, 0.05) is 26.2 Å². The minimum atomic E-state index is -3.57. The van der Waals surface area contributed by atoms with Crippen molar-refractivity contribution >= 4 is 15.9 Å². The first-order chi connectivity index (χ1) is 6.92. The van der Waals surface area contributed by atoms with Crippen LogP contribution in [0.5, 0.6) is 0 Å². The van der Waals surface area contributed by atoms with Gasteiger partial charge in [0.2, 0.25) is 0 Å². The highest BCUT2D eigenvalue weighted by molar-refractivity contribution is 7.89. The Balaban J connectivity index is 2.64. The Morgan fingerprint density at radius 1 is 1.73 bits per heavy atom. The molecule has 0 aromatic carbocycles. The zero-order valence-corrected chi connectivity index (χ0v) is 9.08. The van der Waals surface area contributed by atoms with E-state index < -0.39 is 10.0 Å². The number of aromatic nitrogens is 2. The van der Waals surface area contributed by atoms with Crippen LogP contribution >= 0.6 is 0 Å². The van der Waals surface area contributed by atoms with E-state index in [1.165, 1.54) is 12.5 Å². The molecule has 0 aliphatic heterocycles. The highest BCUT2D eigenvalue weighted by Crippen LogP contribution is 2.03. The van der Waals surface area contributed by atoms with Gasteiger partial charge in [-0.15, -0.1) is 0 Å². The number of hydrogen-bond donors (Lipinski definition) is 3. The second-order valence-corrected chi connectivity index (χ2v) is 4.76. The molecule has 1 aromatic rings. The van der Waals surface area contributed by atoms with Gasteiger partial charge in [0.15, 0.2) is 5.03 Å². The molecule has 1 heterocycles. The van der Waals surface area contributed by atoms with E-state index in [-0.39, 0.29) is 23.8 Å². The first kappa shape index (κ1) is 11.7. The minimum Gasteiger partial charge on any atom is -0.388 e. The lowest BCUT2D eigenvalue weighted by Crippen LogP contribution is -2.28. The predicted molar refractivity (Wildman–Crippen MR) is 54.9 cm³/mol. The van der Waals surface area contributed by atoms with Gasteiger partial charge in [-0.3, -0.25) is 5.41 Å². The largest absolute Gasteiger partial charge is 0.388 e. The smallest absolute Gasteiger partial charge is 0.259 e. The molecular weight excluding hydrogens is 218 g/mol. The monoisotopic (exact) mass is 231 g/mol. The lowest BCUT2D eigenvalue weighted by molar-refractivity contribution is 0.579. The maximum atomic E-state index is 11.5. The van der Waals surface area contributed by atoms with Crippen LogP contribution < -0.4 is 10.5 Å². The van der Waals surface area contributed by atoms with E-state index >= 15 is 0 Å². The summed E-state index contributed by atoms with van der Waals surface area (Å²) in [7, 11) is -1.89. The first-order valence-corrected chi connectivity index (χ1v) is 5.70. The van der Waals surface area contributed by atoms with Crippen LogP contribution in [-0.4, -0.2) is 30.3 Å². The molecule has 4 N–H and O–H groups in total. The van der Waals surface area contributed by atoms with Gasteiger partial charge in [-0.05, 0) is 0 Å². The number of amidine groups is 1. The summed E-state index contributed by atoms with van der Waals surface area (Å²) in [5.74, 6) is -0.0567. The highest BCUT2D eigenvalue weighted by atomic mass is 32.2. The number of imidazole rings is 1. The third kappa shape index (κ3) is 3.33. The molecule has 0 aliphatic rings. The Morgan fingerprint density at radius 2 is 2.40 bits per heavy atom. The molecule has 0 bridgehead atoms. The average Bonchev–Trinajstić information content (AvgIpc) is 2.51. The van der Waals surface area contributed by atoms with Crippen molar-refractivity contribution in [3.63, 3.8) is 0 Å². The quantitative estimate of drug-likeness (QED) is 0.446. The molecule has 0 fully saturated rings. The summed E-state index contributed by atoms with van der Waals surface area (Å²) in [5, 5.41) is 6.90. The van der Waals surface area contributed by atoms with Gasteiger partial charge in [-0.1, -0.05) is 0 Å². The van der Waals surface area contributed by atoms with Crippen molar-refractivity contribution in [3.8, 4) is 0 Å².